The minimum atomic E-state index is -3.64. The van der Waals surface area contributed by atoms with Gasteiger partial charge in [0.15, 0.2) is 0 Å². The molecule has 0 aliphatic carbocycles. The number of nitrogens with zero attached hydrogens (tertiary/aromatic N) is 3. The van der Waals surface area contributed by atoms with Crippen LogP contribution in [0.15, 0.2) is 72.0 Å². The molecule has 6 nitrogen and oxygen atoms in total. The lowest BCUT2D eigenvalue weighted by Gasteiger charge is -2.11. The molecule has 1 N–H and O–H groups in total. The molecule has 0 aliphatic rings. The highest BCUT2D eigenvalue weighted by Crippen LogP contribution is 2.24. The molecule has 0 radical (unpaired) electrons. The number of hydrogen-bond donors (Lipinski definition) is 1. The van der Waals surface area contributed by atoms with Crippen molar-refractivity contribution in [1.82, 2.24) is 14.4 Å². The van der Waals surface area contributed by atoms with Gasteiger partial charge in [0.2, 0.25) is 5.78 Å². The molecule has 4 rings (SSSR count). The Morgan fingerprint density at radius 1 is 1.04 bits per heavy atom. The molecule has 0 aliphatic heterocycles. The SMILES string of the molecule is Cc1ccc(C)c(S(=O)(=O)Nc2ccc(-c3cn4cccnc4n3)cc2)c1. The van der Waals surface area contributed by atoms with Crippen LogP contribution in [0.4, 0.5) is 5.69 Å². The Labute approximate surface area is 157 Å². The second-order valence-corrected chi connectivity index (χ2v) is 8.06. The normalized spacial score (nSPS) is 11.6. The first-order valence-electron chi connectivity index (χ1n) is 8.43. The van der Waals surface area contributed by atoms with E-state index in [1.54, 1.807) is 31.3 Å². The Bertz CT molecular complexity index is 1200. The molecule has 0 atom stereocenters. The molecule has 2 heterocycles. The topological polar surface area (TPSA) is 76.4 Å². The Kier molecular flexibility index (Phi) is 4.16. The monoisotopic (exact) mass is 378 g/mol. The Balaban J connectivity index is 1.61. The van der Waals surface area contributed by atoms with E-state index < -0.39 is 10.0 Å². The van der Waals surface area contributed by atoms with Crippen LogP contribution in [-0.2, 0) is 10.0 Å². The summed E-state index contributed by atoms with van der Waals surface area (Å²) in [5.41, 5.74) is 3.77. The van der Waals surface area contributed by atoms with Gasteiger partial charge in [0, 0.05) is 29.8 Å². The highest BCUT2D eigenvalue weighted by Gasteiger charge is 2.17. The van der Waals surface area contributed by atoms with Gasteiger partial charge in [-0.1, -0.05) is 24.3 Å². The molecule has 2 aromatic carbocycles. The summed E-state index contributed by atoms with van der Waals surface area (Å²) in [6, 6.07) is 14.4. The molecule has 0 saturated heterocycles. The van der Waals surface area contributed by atoms with Crippen molar-refractivity contribution in [3.63, 3.8) is 0 Å². The maximum atomic E-state index is 12.7. The van der Waals surface area contributed by atoms with Crippen LogP contribution in [0.3, 0.4) is 0 Å². The molecule has 7 heteroatoms. The fraction of sp³-hybridized carbons (Fsp3) is 0.100. The first-order chi connectivity index (χ1) is 12.9. The lowest BCUT2D eigenvalue weighted by molar-refractivity contribution is 0.600. The number of imidazole rings is 1. The number of fused-ring (bicyclic) bond motifs is 1. The lowest BCUT2D eigenvalue weighted by atomic mass is 10.1. The van der Waals surface area contributed by atoms with E-state index in [-0.39, 0.29) is 4.90 Å². The van der Waals surface area contributed by atoms with Gasteiger partial charge in [-0.05, 0) is 49.2 Å². The van der Waals surface area contributed by atoms with Crippen LogP contribution in [0, 0.1) is 13.8 Å². The minimum absolute atomic E-state index is 0.290. The first kappa shape index (κ1) is 17.2. The third kappa shape index (κ3) is 3.41. The molecule has 0 bridgehead atoms. The van der Waals surface area contributed by atoms with Crippen molar-refractivity contribution in [2.24, 2.45) is 0 Å². The Morgan fingerprint density at radius 2 is 1.81 bits per heavy atom. The summed E-state index contributed by atoms with van der Waals surface area (Å²) in [5.74, 6) is 0.618. The largest absolute Gasteiger partial charge is 0.291 e. The van der Waals surface area contributed by atoms with Crippen LogP contribution in [-0.4, -0.2) is 22.8 Å². The Morgan fingerprint density at radius 3 is 2.56 bits per heavy atom. The Hall–Kier alpha value is -3.19. The minimum Gasteiger partial charge on any atom is -0.291 e. The summed E-state index contributed by atoms with van der Waals surface area (Å²) < 4.78 is 29.9. The number of aromatic nitrogens is 3. The molecule has 2 aromatic heterocycles. The predicted octanol–water partition coefficient (Wildman–Crippen LogP) is 3.81. The molecule has 4 aromatic rings. The summed E-state index contributed by atoms with van der Waals surface area (Å²) >= 11 is 0. The van der Waals surface area contributed by atoms with Crippen molar-refractivity contribution in [1.29, 1.82) is 0 Å². The molecule has 136 valence electrons. The number of aryl methyl sites for hydroxylation is 2. The smallest absolute Gasteiger partial charge is 0.262 e. The van der Waals surface area contributed by atoms with Gasteiger partial charge in [-0.15, -0.1) is 0 Å². The molecule has 0 amide bonds. The molecular weight excluding hydrogens is 360 g/mol. The first-order valence-corrected chi connectivity index (χ1v) is 9.91. The summed E-state index contributed by atoms with van der Waals surface area (Å²) in [4.78, 5) is 8.96. The molecule has 27 heavy (non-hydrogen) atoms. The third-order valence-corrected chi connectivity index (χ3v) is 5.82. The average molecular weight is 378 g/mol. The van der Waals surface area contributed by atoms with Gasteiger partial charge in [-0.2, -0.15) is 0 Å². The number of anilines is 1. The second-order valence-electron chi connectivity index (χ2n) is 6.40. The quantitative estimate of drug-likeness (QED) is 0.586. The van der Waals surface area contributed by atoms with Crippen LogP contribution in [0.5, 0.6) is 0 Å². The number of benzene rings is 2. The van der Waals surface area contributed by atoms with Crippen LogP contribution in [0.2, 0.25) is 0 Å². The van der Waals surface area contributed by atoms with E-state index in [0.717, 1.165) is 16.8 Å². The van der Waals surface area contributed by atoms with Crippen LogP contribution < -0.4 is 4.72 Å². The van der Waals surface area contributed by atoms with Gasteiger partial charge in [0.25, 0.3) is 10.0 Å². The van der Waals surface area contributed by atoms with Gasteiger partial charge in [-0.25, -0.2) is 18.4 Å². The zero-order valence-corrected chi connectivity index (χ0v) is 15.7. The van der Waals surface area contributed by atoms with E-state index in [1.165, 1.54) is 0 Å². The predicted molar refractivity (Wildman–Crippen MR) is 105 cm³/mol. The van der Waals surface area contributed by atoms with Crippen molar-refractivity contribution in [3.05, 3.63) is 78.2 Å². The second kappa shape index (κ2) is 6.51. The van der Waals surface area contributed by atoms with Crippen molar-refractivity contribution < 1.29 is 8.42 Å². The molecule has 0 spiro atoms. The summed E-state index contributed by atoms with van der Waals surface area (Å²) in [5, 5.41) is 0. The molecular formula is C20H18N4O2S. The van der Waals surface area contributed by atoms with Crippen LogP contribution in [0.1, 0.15) is 11.1 Å². The van der Waals surface area contributed by atoms with Crippen molar-refractivity contribution in [3.8, 4) is 11.3 Å². The lowest BCUT2D eigenvalue weighted by Crippen LogP contribution is -2.14. The fourth-order valence-corrected chi connectivity index (χ4v) is 4.27. The summed E-state index contributed by atoms with van der Waals surface area (Å²) in [7, 11) is -3.64. The van der Waals surface area contributed by atoms with Crippen molar-refractivity contribution in [2.45, 2.75) is 18.7 Å². The maximum absolute atomic E-state index is 12.7. The third-order valence-electron chi connectivity index (χ3n) is 4.30. The maximum Gasteiger partial charge on any atom is 0.262 e. The van der Waals surface area contributed by atoms with Gasteiger partial charge in [0.1, 0.15) is 0 Å². The van der Waals surface area contributed by atoms with E-state index in [0.29, 0.717) is 17.0 Å². The van der Waals surface area contributed by atoms with Crippen molar-refractivity contribution >= 4 is 21.5 Å². The van der Waals surface area contributed by atoms with Crippen LogP contribution >= 0.6 is 0 Å². The van der Waals surface area contributed by atoms with Gasteiger partial charge in [0.05, 0.1) is 10.6 Å². The van der Waals surface area contributed by atoms with Gasteiger partial charge < -0.3 is 0 Å². The molecule has 0 unspecified atom stereocenters. The highest BCUT2D eigenvalue weighted by molar-refractivity contribution is 7.92. The fourth-order valence-electron chi connectivity index (χ4n) is 2.89. The van der Waals surface area contributed by atoms with Gasteiger partial charge >= 0.3 is 0 Å². The highest BCUT2D eigenvalue weighted by atomic mass is 32.2. The standard InChI is InChI=1S/C20H18N4O2S/c1-14-4-5-15(2)19(12-14)27(25,26)23-17-8-6-16(7-9-17)18-13-24-11-3-10-21-20(24)22-18/h3-13,23H,1-2H3. The van der Waals surface area contributed by atoms with E-state index in [9.17, 15) is 8.42 Å². The number of sulfonamides is 1. The number of rotatable bonds is 4. The molecule has 0 fully saturated rings. The van der Waals surface area contributed by atoms with E-state index in [1.807, 2.05) is 54.0 Å². The van der Waals surface area contributed by atoms with Crippen LogP contribution in [0.25, 0.3) is 17.0 Å². The van der Waals surface area contributed by atoms with E-state index in [4.69, 9.17) is 0 Å². The number of hydrogen-bond acceptors (Lipinski definition) is 4. The summed E-state index contributed by atoms with van der Waals surface area (Å²) in [6.07, 6.45) is 5.46. The summed E-state index contributed by atoms with van der Waals surface area (Å²) in [6.45, 7) is 3.66. The zero-order valence-electron chi connectivity index (χ0n) is 14.9. The molecule has 0 saturated carbocycles. The van der Waals surface area contributed by atoms with E-state index >= 15 is 0 Å². The van der Waals surface area contributed by atoms with Crippen molar-refractivity contribution in [2.75, 3.05) is 4.72 Å². The number of nitrogens with one attached hydrogen (secondary N) is 1. The average Bonchev–Trinajstić information content (AvgIpc) is 3.08. The zero-order chi connectivity index (χ0) is 19.0. The van der Waals surface area contributed by atoms with Gasteiger partial charge in [-0.3, -0.25) is 9.12 Å². The van der Waals surface area contributed by atoms with E-state index in [2.05, 4.69) is 14.7 Å².